The minimum atomic E-state index is 0.273. The predicted octanol–water partition coefficient (Wildman–Crippen LogP) is 1.60. The quantitative estimate of drug-likeness (QED) is 0.501. The van der Waals surface area contributed by atoms with E-state index in [0.717, 1.165) is 16.8 Å². The number of halogens is 1. The molecule has 1 heterocycles. The molecule has 3 rings (SSSR count). The van der Waals surface area contributed by atoms with Gasteiger partial charge in [-0.2, -0.15) is 0 Å². The van der Waals surface area contributed by atoms with Gasteiger partial charge in [0.2, 0.25) is 5.89 Å². The van der Waals surface area contributed by atoms with E-state index in [9.17, 15) is 0 Å². The van der Waals surface area contributed by atoms with Crippen LogP contribution in [0.2, 0.25) is 5.02 Å². The molecule has 0 aliphatic rings. The molecule has 1 aromatic heterocycles. The van der Waals surface area contributed by atoms with Gasteiger partial charge in [-0.25, -0.2) is 0 Å². The first-order valence-corrected chi connectivity index (χ1v) is 6.84. The summed E-state index contributed by atoms with van der Waals surface area (Å²) in [6.45, 7) is 0. The van der Waals surface area contributed by atoms with Gasteiger partial charge in [0.15, 0.2) is 0 Å². The largest absolute Gasteiger partial charge is 0.403 e. The number of hydrogen-bond acceptors (Lipinski definition) is 4. The van der Waals surface area contributed by atoms with Crippen LogP contribution < -0.4 is 16.5 Å². The molecule has 110 valence electrons. The summed E-state index contributed by atoms with van der Waals surface area (Å²) in [5, 5.41) is 17.1. The molecule has 0 aliphatic heterocycles. The molecular weight excluding hydrogens is 302 g/mol. The minimum Gasteiger partial charge on any atom is -0.403 e. The Morgan fingerprint density at radius 1 is 1.05 bits per heavy atom. The molecule has 7 heteroatoms. The van der Waals surface area contributed by atoms with Crippen molar-refractivity contribution in [3.8, 4) is 11.5 Å². The summed E-state index contributed by atoms with van der Waals surface area (Å²) in [6.07, 6.45) is 0. The number of benzene rings is 2. The Bertz CT molecular complexity index is 796. The summed E-state index contributed by atoms with van der Waals surface area (Å²) in [7, 11) is 0. The van der Waals surface area contributed by atoms with Crippen molar-refractivity contribution in [1.29, 1.82) is 0 Å². The van der Waals surface area contributed by atoms with Gasteiger partial charge in [0.1, 0.15) is 0 Å². The van der Waals surface area contributed by atoms with Gasteiger partial charge in [0, 0.05) is 16.3 Å². The van der Waals surface area contributed by atoms with Crippen LogP contribution in [-0.2, 0) is 0 Å². The van der Waals surface area contributed by atoms with Crippen LogP contribution in [0.1, 0.15) is 5.56 Å². The van der Waals surface area contributed by atoms with E-state index < -0.39 is 0 Å². The Kier molecular flexibility index (Phi) is 3.76. The Balaban J connectivity index is 1.76. The Labute approximate surface area is 131 Å². The van der Waals surface area contributed by atoms with Gasteiger partial charge >= 0.3 is 6.01 Å². The lowest BCUT2D eigenvalue weighted by atomic mass is 10.2. The maximum atomic E-state index is 5.85. The second-order valence-corrected chi connectivity index (χ2v) is 5.01. The van der Waals surface area contributed by atoms with Gasteiger partial charge in [-0.15, -0.1) is 5.10 Å². The highest BCUT2D eigenvalue weighted by Crippen LogP contribution is 2.23. The fourth-order valence-corrected chi connectivity index (χ4v) is 1.98. The highest BCUT2D eigenvalue weighted by Gasteiger charge is 2.09. The summed E-state index contributed by atoms with van der Waals surface area (Å²) in [5.74, 6) is 0.685. The van der Waals surface area contributed by atoms with Gasteiger partial charge in [0.25, 0.3) is 5.84 Å². The molecule has 0 saturated heterocycles. The zero-order valence-corrected chi connectivity index (χ0v) is 12.2. The lowest BCUT2D eigenvalue weighted by molar-refractivity contribution is -0.114. The molecule has 5 N–H and O–H groups in total. The van der Waals surface area contributed by atoms with Crippen LogP contribution in [0, 0.1) is 0 Å². The molecule has 0 unspecified atom stereocenters. The van der Waals surface area contributed by atoms with Crippen molar-refractivity contribution >= 4 is 29.1 Å². The SMILES string of the molecule is NC(=[NH2+])c1ccc(Nc2nnc(-c3ccc(Cl)cc3)o2)cc1. The number of nitrogens with one attached hydrogen (secondary N) is 1. The van der Waals surface area contributed by atoms with E-state index in [1.165, 1.54) is 0 Å². The zero-order valence-electron chi connectivity index (χ0n) is 11.5. The first-order valence-electron chi connectivity index (χ1n) is 6.46. The normalized spacial score (nSPS) is 10.4. The van der Waals surface area contributed by atoms with Crippen LogP contribution in [0.4, 0.5) is 11.7 Å². The average Bonchev–Trinajstić information content (AvgIpc) is 2.97. The topological polar surface area (TPSA) is 103 Å². The highest BCUT2D eigenvalue weighted by atomic mass is 35.5. The standard InChI is InChI=1S/C15H12ClN5O/c16-11-5-1-10(2-6-11)14-20-21-15(22-14)19-12-7-3-9(4-8-12)13(17)18/h1-8H,(H3,17,18)(H,19,21)/p+1. The van der Waals surface area contributed by atoms with Crippen molar-refractivity contribution in [2.75, 3.05) is 5.32 Å². The van der Waals surface area contributed by atoms with Crippen LogP contribution in [0.15, 0.2) is 52.9 Å². The Hall–Kier alpha value is -2.86. The van der Waals surface area contributed by atoms with Gasteiger partial charge < -0.3 is 9.73 Å². The molecule has 22 heavy (non-hydrogen) atoms. The minimum absolute atomic E-state index is 0.273. The van der Waals surface area contributed by atoms with Crippen LogP contribution in [0.25, 0.3) is 11.5 Å². The van der Waals surface area contributed by atoms with Crippen molar-refractivity contribution in [3.63, 3.8) is 0 Å². The summed E-state index contributed by atoms with van der Waals surface area (Å²) < 4.78 is 5.56. The Morgan fingerprint density at radius 2 is 1.73 bits per heavy atom. The van der Waals surface area contributed by atoms with Crippen molar-refractivity contribution in [2.24, 2.45) is 5.73 Å². The van der Waals surface area contributed by atoms with Crippen LogP contribution in [0.5, 0.6) is 0 Å². The van der Waals surface area contributed by atoms with Gasteiger partial charge in [-0.3, -0.25) is 11.1 Å². The smallest absolute Gasteiger partial charge is 0.320 e. The van der Waals surface area contributed by atoms with Crippen LogP contribution in [-0.4, -0.2) is 16.0 Å². The van der Waals surface area contributed by atoms with Crippen molar-refractivity contribution in [1.82, 2.24) is 10.2 Å². The summed E-state index contributed by atoms with van der Waals surface area (Å²) >= 11 is 5.85. The molecule has 0 spiro atoms. The van der Waals surface area contributed by atoms with Gasteiger partial charge in [-0.1, -0.05) is 16.7 Å². The van der Waals surface area contributed by atoms with Gasteiger partial charge in [-0.05, 0) is 48.5 Å². The third-order valence-corrected chi connectivity index (χ3v) is 3.24. The monoisotopic (exact) mass is 314 g/mol. The number of nitrogens with two attached hydrogens (primary N) is 2. The molecule has 0 amide bonds. The molecule has 0 saturated carbocycles. The fraction of sp³-hybridized carbons (Fsp3) is 0. The lowest BCUT2D eigenvalue weighted by Crippen LogP contribution is -2.46. The Morgan fingerprint density at radius 3 is 2.36 bits per heavy atom. The highest BCUT2D eigenvalue weighted by molar-refractivity contribution is 6.30. The van der Waals surface area contributed by atoms with Gasteiger partial charge in [0.05, 0.1) is 5.56 Å². The predicted molar refractivity (Wildman–Crippen MR) is 84.7 cm³/mol. The molecule has 2 aromatic carbocycles. The van der Waals surface area contributed by atoms with Crippen LogP contribution >= 0.6 is 11.6 Å². The number of amidine groups is 1. The third kappa shape index (κ3) is 3.07. The van der Waals surface area contributed by atoms with Crippen molar-refractivity contribution in [2.45, 2.75) is 0 Å². The molecular formula is C15H13ClN5O+. The zero-order chi connectivity index (χ0) is 15.5. The van der Waals surface area contributed by atoms with E-state index in [0.29, 0.717) is 16.9 Å². The van der Waals surface area contributed by atoms with E-state index in [1.54, 1.807) is 24.3 Å². The van der Waals surface area contributed by atoms with E-state index in [4.69, 9.17) is 27.2 Å². The number of hydrogen-bond donors (Lipinski definition) is 3. The first kappa shape index (κ1) is 14.1. The van der Waals surface area contributed by atoms with Crippen molar-refractivity contribution in [3.05, 3.63) is 59.1 Å². The number of nitrogens with zero attached hydrogens (tertiary/aromatic N) is 2. The summed E-state index contributed by atoms with van der Waals surface area (Å²) in [4.78, 5) is 0. The first-order chi connectivity index (χ1) is 10.6. The molecule has 0 radical (unpaired) electrons. The maximum absolute atomic E-state index is 5.85. The molecule has 0 bridgehead atoms. The maximum Gasteiger partial charge on any atom is 0.320 e. The van der Waals surface area contributed by atoms with E-state index >= 15 is 0 Å². The lowest BCUT2D eigenvalue weighted by Gasteiger charge is -2.01. The second kappa shape index (κ2) is 5.87. The fourth-order valence-electron chi connectivity index (χ4n) is 1.85. The molecule has 0 fully saturated rings. The third-order valence-electron chi connectivity index (χ3n) is 2.99. The van der Waals surface area contributed by atoms with E-state index in [2.05, 4.69) is 15.5 Å². The molecule has 3 aromatic rings. The molecule has 0 atom stereocenters. The molecule has 0 aliphatic carbocycles. The summed E-state index contributed by atoms with van der Waals surface area (Å²) in [5.41, 5.74) is 7.87. The second-order valence-electron chi connectivity index (χ2n) is 4.58. The van der Waals surface area contributed by atoms with Crippen LogP contribution in [0.3, 0.4) is 0 Å². The number of anilines is 2. The average molecular weight is 315 g/mol. The number of aromatic nitrogens is 2. The molecule has 6 nitrogen and oxygen atoms in total. The van der Waals surface area contributed by atoms with E-state index in [-0.39, 0.29) is 5.84 Å². The van der Waals surface area contributed by atoms with Crippen molar-refractivity contribution < 1.29 is 9.83 Å². The summed E-state index contributed by atoms with van der Waals surface area (Å²) in [6, 6.07) is 14.7. The van der Waals surface area contributed by atoms with E-state index in [1.807, 2.05) is 24.3 Å². The number of rotatable bonds is 4.